The number of amides is 2. The van der Waals surface area contributed by atoms with Gasteiger partial charge in [0.15, 0.2) is 0 Å². The van der Waals surface area contributed by atoms with Crippen LogP contribution in [0.2, 0.25) is 0 Å². The molecule has 134 valence electrons. The molecule has 1 N–H and O–H groups in total. The molecule has 0 radical (unpaired) electrons. The van der Waals surface area contributed by atoms with Crippen LogP contribution in [0.25, 0.3) is 0 Å². The number of rotatable bonds is 4. The number of halogens is 3. The van der Waals surface area contributed by atoms with Gasteiger partial charge in [-0.3, -0.25) is 4.90 Å². The molecule has 0 aromatic rings. The van der Waals surface area contributed by atoms with Gasteiger partial charge in [-0.25, -0.2) is 4.79 Å². The van der Waals surface area contributed by atoms with Crippen LogP contribution in [0.1, 0.15) is 45.4 Å². The number of nitrogens with zero attached hydrogens (tertiary/aromatic N) is 2. The van der Waals surface area contributed by atoms with E-state index in [1.807, 2.05) is 4.90 Å². The van der Waals surface area contributed by atoms with Gasteiger partial charge in [-0.15, -0.1) is 0 Å². The quantitative estimate of drug-likeness (QED) is 0.856. The maximum atomic E-state index is 12.3. The summed E-state index contributed by atoms with van der Waals surface area (Å²) >= 11 is 0. The normalized spacial score (nSPS) is 24.7. The molecule has 2 aliphatic rings. The summed E-state index contributed by atoms with van der Waals surface area (Å²) in [6, 6.07) is 0.307. The monoisotopic (exact) mass is 335 g/mol. The Kier molecular flexibility index (Phi) is 6.56. The Labute approximate surface area is 136 Å². The molecule has 2 heterocycles. The first kappa shape index (κ1) is 18.4. The van der Waals surface area contributed by atoms with Crippen molar-refractivity contribution in [3.05, 3.63) is 0 Å². The van der Waals surface area contributed by atoms with Crippen molar-refractivity contribution >= 4 is 6.03 Å². The number of hydrogen-bond donors (Lipinski definition) is 1. The Bertz CT molecular complexity index is 381. The minimum atomic E-state index is -4.11. The lowest BCUT2D eigenvalue weighted by Gasteiger charge is -2.34. The number of nitrogens with one attached hydrogen (secondary N) is 1. The van der Waals surface area contributed by atoms with Crippen molar-refractivity contribution in [3.8, 4) is 0 Å². The second-order valence-electron chi connectivity index (χ2n) is 6.89. The van der Waals surface area contributed by atoms with E-state index >= 15 is 0 Å². The number of piperidine rings is 2. The number of alkyl halides is 3. The first-order chi connectivity index (χ1) is 10.8. The third-order valence-corrected chi connectivity index (χ3v) is 5.00. The topological polar surface area (TPSA) is 35.6 Å². The number of carbonyl (C=O) groups excluding carboxylic acids is 1. The van der Waals surface area contributed by atoms with E-state index in [0.29, 0.717) is 31.6 Å². The molecule has 0 spiro atoms. The highest BCUT2D eigenvalue weighted by molar-refractivity contribution is 5.74. The third kappa shape index (κ3) is 6.20. The van der Waals surface area contributed by atoms with Crippen LogP contribution in [0.4, 0.5) is 18.0 Å². The summed E-state index contributed by atoms with van der Waals surface area (Å²) in [7, 11) is 0. The van der Waals surface area contributed by atoms with E-state index in [2.05, 4.69) is 12.2 Å². The van der Waals surface area contributed by atoms with Crippen LogP contribution in [-0.4, -0.2) is 60.8 Å². The van der Waals surface area contributed by atoms with Gasteiger partial charge < -0.3 is 10.2 Å². The molecule has 2 aliphatic heterocycles. The van der Waals surface area contributed by atoms with Crippen molar-refractivity contribution in [1.29, 1.82) is 0 Å². The molecular formula is C16H28F3N3O. The number of urea groups is 1. The molecule has 0 unspecified atom stereocenters. The Hall–Kier alpha value is -0.980. The molecule has 4 nitrogen and oxygen atoms in total. The highest BCUT2D eigenvalue weighted by Gasteiger charge is 2.32. The van der Waals surface area contributed by atoms with Gasteiger partial charge in [0.05, 0.1) is 6.54 Å². The Balaban J connectivity index is 1.61. The summed E-state index contributed by atoms with van der Waals surface area (Å²) in [6.45, 7) is 3.72. The minimum Gasteiger partial charge on any atom is -0.338 e. The highest BCUT2D eigenvalue weighted by atomic mass is 19.4. The summed E-state index contributed by atoms with van der Waals surface area (Å²) in [4.78, 5) is 15.5. The standard InChI is InChI=1S/C16H28F3N3O/c1-13-4-2-3-9-22(13)15(23)20-8-5-14-6-10-21(11-7-14)12-16(17,18)19/h13-14H,2-12H2,1H3,(H,20,23)/t13-/m1/s1. The molecule has 0 saturated carbocycles. The maximum absolute atomic E-state index is 12.3. The number of hydrogen-bond acceptors (Lipinski definition) is 2. The average molecular weight is 335 g/mol. The molecule has 2 saturated heterocycles. The van der Waals surface area contributed by atoms with Crippen LogP contribution in [0.5, 0.6) is 0 Å². The Morgan fingerprint density at radius 2 is 1.83 bits per heavy atom. The molecule has 0 aromatic carbocycles. The maximum Gasteiger partial charge on any atom is 0.401 e. The Morgan fingerprint density at radius 3 is 2.43 bits per heavy atom. The van der Waals surface area contributed by atoms with Gasteiger partial charge in [-0.05, 0) is 64.5 Å². The predicted octanol–water partition coefficient (Wildman–Crippen LogP) is 3.23. The van der Waals surface area contributed by atoms with Gasteiger partial charge in [-0.1, -0.05) is 0 Å². The van der Waals surface area contributed by atoms with E-state index in [-0.39, 0.29) is 6.03 Å². The summed E-state index contributed by atoms with van der Waals surface area (Å²) in [6.07, 6.45) is 1.62. The van der Waals surface area contributed by atoms with Crippen molar-refractivity contribution in [1.82, 2.24) is 15.1 Å². The second-order valence-corrected chi connectivity index (χ2v) is 6.89. The molecule has 1 atom stereocenters. The van der Waals surface area contributed by atoms with Gasteiger partial charge in [0, 0.05) is 19.1 Å². The molecule has 0 bridgehead atoms. The number of likely N-dealkylation sites (tertiary alicyclic amines) is 2. The molecule has 2 amide bonds. The van der Waals surface area contributed by atoms with E-state index in [9.17, 15) is 18.0 Å². The minimum absolute atomic E-state index is 0.00621. The fourth-order valence-electron chi connectivity index (χ4n) is 3.57. The lowest BCUT2D eigenvalue weighted by Crippen LogP contribution is -2.48. The van der Waals surface area contributed by atoms with E-state index in [0.717, 1.165) is 38.6 Å². The van der Waals surface area contributed by atoms with Crippen LogP contribution in [0, 0.1) is 5.92 Å². The van der Waals surface area contributed by atoms with Crippen LogP contribution < -0.4 is 5.32 Å². The lowest BCUT2D eigenvalue weighted by atomic mass is 9.93. The fraction of sp³-hybridized carbons (Fsp3) is 0.938. The SMILES string of the molecule is C[C@@H]1CCCCN1C(=O)NCCC1CCN(CC(F)(F)F)CC1. The Morgan fingerprint density at radius 1 is 1.13 bits per heavy atom. The first-order valence-electron chi connectivity index (χ1n) is 8.69. The van der Waals surface area contributed by atoms with Crippen LogP contribution in [0.15, 0.2) is 0 Å². The molecule has 0 aliphatic carbocycles. The largest absolute Gasteiger partial charge is 0.401 e. The predicted molar refractivity (Wildman–Crippen MR) is 83.3 cm³/mol. The van der Waals surface area contributed by atoms with Crippen molar-refractivity contribution in [2.45, 2.75) is 57.7 Å². The molecule has 23 heavy (non-hydrogen) atoms. The van der Waals surface area contributed by atoms with Gasteiger partial charge in [0.2, 0.25) is 0 Å². The van der Waals surface area contributed by atoms with E-state index < -0.39 is 12.7 Å². The highest BCUT2D eigenvalue weighted by Crippen LogP contribution is 2.24. The summed E-state index contributed by atoms with van der Waals surface area (Å²) < 4.78 is 37.0. The lowest BCUT2D eigenvalue weighted by molar-refractivity contribution is -0.148. The zero-order chi connectivity index (χ0) is 16.9. The molecular weight excluding hydrogens is 307 g/mol. The van der Waals surface area contributed by atoms with E-state index in [1.165, 1.54) is 11.3 Å². The molecule has 0 aromatic heterocycles. The van der Waals surface area contributed by atoms with Gasteiger partial charge in [-0.2, -0.15) is 13.2 Å². The van der Waals surface area contributed by atoms with Crippen molar-refractivity contribution in [2.75, 3.05) is 32.7 Å². The number of carbonyl (C=O) groups is 1. The molecule has 2 rings (SSSR count). The van der Waals surface area contributed by atoms with E-state index in [4.69, 9.17) is 0 Å². The zero-order valence-electron chi connectivity index (χ0n) is 13.9. The van der Waals surface area contributed by atoms with E-state index in [1.54, 1.807) is 0 Å². The summed E-state index contributed by atoms with van der Waals surface area (Å²) in [5, 5.41) is 2.97. The van der Waals surface area contributed by atoms with Crippen molar-refractivity contribution in [2.24, 2.45) is 5.92 Å². The first-order valence-corrected chi connectivity index (χ1v) is 8.69. The molecule has 7 heteroatoms. The van der Waals surface area contributed by atoms with Crippen molar-refractivity contribution in [3.63, 3.8) is 0 Å². The summed E-state index contributed by atoms with van der Waals surface area (Å²) in [5.74, 6) is 0.415. The van der Waals surface area contributed by atoms with Gasteiger partial charge >= 0.3 is 12.2 Å². The molecule has 2 fully saturated rings. The smallest absolute Gasteiger partial charge is 0.338 e. The van der Waals surface area contributed by atoms with Crippen molar-refractivity contribution < 1.29 is 18.0 Å². The van der Waals surface area contributed by atoms with Crippen LogP contribution in [0.3, 0.4) is 0 Å². The van der Waals surface area contributed by atoms with Crippen LogP contribution in [-0.2, 0) is 0 Å². The average Bonchev–Trinajstić information content (AvgIpc) is 2.48. The third-order valence-electron chi connectivity index (χ3n) is 5.00. The summed E-state index contributed by atoms with van der Waals surface area (Å²) in [5.41, 5.74) is 0. The van der Waals surface area contributed by atoms with Gasteiger partial charge in [0.1, 0.15) is 0 Å². The van der Waals surface area contributed by atoms with Crippen LogP contribution >= 0.6 is 0 Å². The second kappa shape index (κ2) is 8.22. The zero-order valence-corrected chi connectivity index (χ0v) is 13.9. The van der Waals surface area contributed by atoms with Gasteiger partial charge in [0.25, 0.3) is 0 Å². The fourth-order valence-corrected chi connectivity index (χ4v) is 3.57.